The monoisotopic (exact) mass is 284 g/mol. The molecule has 1 aromatic heterocycles. The Kier molecular flexibility index (Phi) is 5.81. The summed E-state index contributed by atoms with van der Waals surface area (Å²) in [5.41, 5.74) is 10.9. The van der Waals surface area contributed by atoms with Crippen LogP contribution >= 0.6 is 0 Å². The van der Waals surface area contributed by atoms with Gasteiger partial charge in [-0.2, -0.15) is 0 Å². The number of Topliss-reactive ketones (excluding diaryl/α,β-unsaturated/α-hetero) is 1. The Bertz CT molecular complexity index is 664. The summed E-state index contributed by atoms with van der Waals surface area (Å²) in [4.78, 5) is 15.7. The first kappa shape index (κ1) is 16.6. The van der Waals surface area contributed by atoms with Crippen LogP contribution in [0.5, 0.6) is 0 Å². The second kappa shape index (κ2) is 7.36. The number of nitrogen functional groups attached to an aromatic ring is 1. The third kappa shape index (κ3) is 3.77. The molecule has 0 atom stereocenters. The van der Waals surface area contributed by atoms with E-state index in [2.05, 4.69) is 11.6 Å². The smallest absolute Gasteiger partial charge is 0.159 e. The summed E-state index contributed by atoms with van der Waals surface area (Å²) in [6.07, 6.45) is 3.37. The van der Waals surface area contributed by atoms with Crippen molar-refractivity contribution in [1.82, 2.24) is 4.98 Å². The minimum Gasteiger partial charge on any atom is -0.400 e. The lowest BCUT2D eigenvalue weighted by Crippen LogP contribution is -1.97. The van der Waals surface area contributed by atoms with Crippen molar-refractivity contribution < 1.29 is 9.90 Å². The Hall–Kier alpha value is -2.46. The number of anilines is 1. The number of aromatic nitrogens is 1. The van der Waals surface area contributed by atoms with Crippen molar-refractivity contribution in [3.63, 3.8) is 0 Å². The van der Waals surface area contributed by atoms with Crippen molar-refractivity contribution in [3.8, 4) is 11.3 Å². The molecule has 0 radical (unpaired) electrons. The van der Waals surface area contributed by atoms with Crippen LogP contribution in [-0.4, -0.2) is 23.0 Å². The molecule has 0 amide bonds. The van der Waals surface area contributed by atoms with Gasteiger partial charge in [-0.05, 0) is 49.2 Å². The summed E-state index contributed by atoms with van der Waals surface area (Å²) in [6.45, 7) is 7.27. The number of pyridine rings is 1. The average Bonchev–Trinajstić information content (AvgIpc) is 2.51. The molecule has 3 N–H and O–H groups in total. The molecule has 0 saturated carbocycles. The normalized spacial score (nSPS) is 9.52. The van der Waals surface area contributed by atoms with Gasteiger partial charge in [-0.25, -0.2) is 0 Å². The predicted molar refractivity (Wildman–Crippen MR) is 87.1 cm³/mol. The van der Waals surface area contributed by atoms with Crippen molar-refractivity contribution >= 4 is 17.5 Å². The first-order valence-corrected chi connectivity index (χ1v) is 6.47. The molecule has 1 aromatic carbocycles. The van der Waals surface area contributed by atoms with E-state index in [1.807, 2.05) is 19.1 Å². The quantitative estimate of drug-likeness (QED) is 0.670. The van der Waals surface area contributed by atoms with Crippen molar-refractivity contribution in [3.05, 3.63) is 53.7 Å². The summed E-state index contributed by atoms with van der Waals surface area (Å²) >= 11 is 0. The van der Waals surface area contributed by atoms with Crippen LogP contribution in [0.25, 0.3) is 17.3 Å². The van der Waals surface area contributed by atoms with Gasteiger partial charge in [0.1, 0.15) is 0 Å². The number of carbonyl (C=O) groups is 1. The SMILES string of the molecule is C=Cc1cc(C)c(-c2cc(C(C)=O)ccn2)cc1N.CO. The molecule has 1 heterocycles. The van der Waals surface area contributed by atoms with E-state index >= 15 is 0 Å². The van der Waals surface area contributed by atoms with Gasteiger partial charge in [0.25, 0.3) is 0 Å². The standard InChI is InChI=1S/C16H16N2O.CH4O/c1-4-12-7-10(2)14(9-15(12)17)16-8-13(11(3)19)5-6-18-16;1-2/h4-9H,1,17H2,2-3H3;2H,1H3. The largest absolute Gasteiger partial charge is 0.400 e. The number of hydrogen-bond donors (Lipinski definition) is 2. The van der Waals surface area contributed by atoms with Crippen LogP contribution in [0.15, 0.2) is 37.0 Å². The van der Waals surface area contributed by atoms with Crippen molar-refractivity contribution in [2.45, 2.75) is 13.8 Å². The molecular formula is C17H20N2O2. The van der Waals surface area contributed by atoms with Crippen LogP contribution in [0.3, 0.4) is 0 Å². The fourth-order valence-corrected chi connectivity index (χ4v) is 2.00. The maximum atomic E-state index is 11.4. The number of rotatable bonds is 3. The molecule has 4 nitrogen and oxygen atoms in total. The van der Waals surface area contributed by atoms with E-state index in [4.69, 9.17) is 10.8 Å². The van der Waals surface area contributed by atoms with E-state index in [-0.39, 0.29) is 5.78 Å². The maximum Gasteiger partial charge on any atom is 0.159 e. The fourth-order valence-electron chi connectivity index (χ4n) is 2.00. The zero-order valence-electron chi connectivity index (χ0n) is 12.6. The maximum absolute atomic E-state index is 11.4. The Morgan fingerprint density at radius 1 is 1.33 bits per heavy atom. The van der Waals surface area contributed by atoms with Gasteiger partial charge in [0.2, 0.25) is 0 Å². The molecule has 0 saturated heterocycles. The van der Waals surface area contributed by atoms with Gasteiger partial charge in [-0.15, -0.1) is 0 Å². The van der Waals surface area contributed by atoms with E-state index in [1.54, 1.807) is 31.3 Å². The molecule has 21 heavy (non-hydrogen) atoms. The van der Waals surface area contributed by atoms with E-state index in [0.29, 0.717) is 11.3 Å². The molecule has 0 aliphatic carbocycles. The molecule has 0 fully saturated rings. The van der Waals surface area contributed by atoms with Crippen LogP contribution in [0.1, 0.15) is 28.4 Å². The molecule has 0 aliphatic rings. The molecule has 2 rings (SSSR count). The lowest BCUT2D eigenvalue weighted by Gasteiger charge is -2.10. The van der Waals surface area contributed by atoms with Crippen LogP contribution in [0.2, 0.25) is 0 Å². The third-order valence-corrected chi connectivity index (χ3v) is 3.09. The van der Waals surface area contributed by atoms with E-state index in [0.717, 1.165) is 29.5 Å². The van der Waals surface area contributed by atoms with Gasteiger partial charge >= 0.3 is 0 Å². The fraction of sp³-hybridized carbons (Fsp3) is 0.176. The van der Waals surface area contributed by atoms with Crippen molar-refractivity contribution in [1.29, 1.82) is 0 Å². The third-order valence-electron chi connectivity index (χ3n) is 3.09. The number of carbonyl (C=O) groups excluding carboxylic acids is 1. The zero-order chi connectivity index (χ0) is 16.0. The summed E-state index contributed by atoms with van der Waals surface area (Å²) in [6, 6.07) is 7.35. The zero-order valence-corrected chi connectivity index (χ0v) is 12.6. The predicted octanol–water partition coefficient (Wildman–Crippen LogP) is 3.09. The van der Waals surface area contributed by atoms with Gasteiger partial charge < -0.3 is 10.8 Å². The topological polar surface area (TPSA) is 76.2 Å². The molecule has 0 aliphatic heterocycles. The number of benzene rings is 1. The lowest BCUT2D eigenvalue weighted by molar-refractivity contribution is 0.101. The Morgan fingerprint density at radius 3 is 2.57 bits per heavy atom. The van der Waals surface area contributed by atoms with Crippen molar-refractivity contribution in [2.24, 2.45) is 0 Å². The van der Waals surface area contributed by atoms with Crippen LogP contribution in [0.4, 0.5) is 5.69 Å². The summed E-state index contributed by atoms with van der Waals surface area (Å²) in [5, 5.41) is 7.00. The summed E-state index contributed by atoms with van der Waals surface area (Å²) in [7, 11) is 1.00. The number of aliphatic hydroxyl groups excluding tert-OH is 1. The summed E-state index contributed by atoms with van der Waals surface area (Å²) in [5.74, 6) is 0.0250. The van der Waals surface area contributed by atoms with E-state index < -0.39 is 0 Å². The Labute approximate surface area is 125 Å². The lowest BCUT2D eigenvalue weighted by atomic mass is 9.99. The Balaban J connectivity index is 0.00000106. The Morgan fingerprint density at radius 2 is 2.00 bits per heavy atom. The molecule has 0 spiro atoms. The van der Waals surface area contributed by atoms with Crippen LogP contribution in [0, 0.1) is 6.92 Å². The second-order valence-corrected chi connectivity index (χ2v) is 4.49. The van der Waals surface area contributed by atoms with Gasteiger partial charge in [0.15, 0.2) is 5.78 Å². The molecule has 110 valence electrons. The number of hydrogen-bond acceptors (Lipinski definition) is 4. The second-order valence-electron chi connectivity index (χ2n) is 4.49. The highest BCUT2D eigenvalue weighted by molar-refractivity contribution is 5.95. The van der Waals surface area contributed by atoms with Gasteiger partial charge in [-0.1, -0.05) is 12.7 Å². The van der Waals surface area contributed by atoms with E-state index in [9.17, 15) is 4.79 Å². The highest BCUT2D eigenvalue weighted by atomic mass is 16.2. The molecule has 0 unspecified atom stereocenters. The molecule has 2 aromatic rings. The molecular weight excluding hydrogens is 264 g/mol. The number of ketones is 1. The highest BCUT2D eigenvalue weighted by Crippen LogP contribution is 2.27. The minimum atomic E-state index is 0.0250. The van der Waals surface area contributed by atoms with Crippen LogP contribution < -0.4 is 5.73 Å². The number of aryl methyl sites for hydroxylation is 1. The van der Waals surface area contributed by atoms with Crippen molar-refractivity contribution in [2.75, 3.05) is 12.8 Å². The number of nitrogens with two attached hydrogens (primary N) is 1. The average molecular weight is 284 g/mol. The van der Waals surface area contributed by atoms with Crippen LogP contribution in [-0.2, 0) is 0 Å². The highest BCUT2D eigenvalue weighted by Gasteiger charge is 2.09. The summed E-state index contributed by atoms with van der Waals surface area (Å²) < 4.78 is 0. The molecule has 4 heteroatoms. The van der Waals surface area contributed by atoms with Gasteiger partial charge in [0.05, 0.1) is 5.69 Å². The number of aliphatic hydroxyl groups is 1. The number of nitrogens with zero attached hydrogens (tertiary/aromatic N) is 1. The first-order chi connectivity index (χ1) is 10.0. The van der Waals surface area contributed by atoms with Gasteiger partial charge in [-0.3, -0.25) is 9.78 Å². The van der Waals surface area contributed by atoms with E-state index in [1.165, 1.54) is 0 Å². The minimum absolute atomic E-state index is 0.0250. The molecule has 0 bridgehead atoms. The first-order valence-electron chi connectivity index (χ1n) is 6.47. The van der Waals surface area contributed by atoms with Gasteiger partial charge in [0, 0.05) is 30.1 Å².